The van der Waals surface area contributed by atoms with Crippen molar-refractivity contribution >= 4 is 15.9 Å². The fraction of sp³-hybridized carbons (Fsp3) is 0.632. The molecule has 0 spiro atoms. The second kappa shape index (κ2) is 10.2. The van der Waals surface area contributed by atoms with Gasteiger partial charge in [0.1, 0.15) is 0 Å². The lowest BCUT2D eigenvalue weighted by molar-refractivity contribution is -0.131. The maximum atomic E-state index is 12.6. The molecule has 1 atom stereocenters. The standard InChI is InChI=1S/C19H31N3O4S/c1-4-21(5-2)19(23)14-16(3)20-15-17-6-8-18(9-7-17)27(24,25)22-10-12-26-13-11-22/h6-9,16,20H,4-5,10-15H2,1-3H3. The molecular weight excluding hydrogens is 366 g/mol. The molecule has 27 heavy (non-hydrogen) atoms. The fourth-order valence-electron chi connectivity index (χ4n) is 3.05. The van der Waals surface area contributed by atoms with Crippen molar-refractivity contribution in [2.24, 2.45) is 0 Å². The Kier molecular flexibility index (Phi) is 8.22. The highest BCUT2D eigenvalue weighted by atomic mass is 32.2. The summed E-state index contributed by atoms with van der Waals surface area (Å²) in [5.41, 5.74) is 0.984. The largest absolute Gasteiger partial charge is 0.379 e. The molecule has 1 fully saturated rings. The van der Waals surface area contributed by atoms with Gasteiger partial charge < -0.3 is 15.0 Å². The van der Waals surface area contributed by atoms with E-state index < -0.39 is 10.0 Å². The van der Waals surface area contributed by atoms with E-state index in [4.69, 9.17) is 4.74 Å². The van der Waals surface area contributed by atoms with Gasteiger partial charge in [-0.3, -0.25) is 4.79 Å². The summed E-state index contributed by atoms with van der Waals surface area (Å²) < 4.78 is 31.9. The first kappa shape index (κ1) is 21.8. The van der Waals surface area contributed by atoms with Crippen LogP contribution in [0.2, 0.25) is 0 Å². The number of hydrogen-bond acceptors (Lipinski definition) is 5. The van der Waals surface area contributed by atoms with Crippen LogP contribution in [0.15, 0.2) is 29.2 Å². The molecule has 1 unspecified atom stereocenters. The Morgan fingerprint density at radius 3 is 2.33 bits per heavy atom. The summed E-state index contributed by atoms with van der Waals surface area (Å²) in [5.74, 6) is 0.145. The van der Waals surface area contributed by atoms with Crippen molar-refractivity contribution in [1.82, 2.24) is 14.5 Å². The number of nitrogens with zero attached hydrogens (tertiary/aromatic N) is 2. The van der Waals surface area contributed by atoms with Gasteiger partial charge in [0.25, 0.3) is 0 Å². The third-order valence-electron chi connectivity index (χ3n) is 4.78. The van der Waals surface area contributed by atoms with E-state index in [0.717, 1.165) is 18.7 Å². The maximum absolute atomic E-state index is 12.6. The van der Waals surface area contributed by atoms with E-state index in [2.05, 4.69) is 5.32 Å². The molecule has 1 amide bonds. The molecule has 1 saturated heterocycles. The van der Waals surface area contributed by atoms with Crippen molar-refractivity contribution < 1.29 is 17.9 Å². The molecule has 0 bridgehead atoms. The molecule has 1 aliphatic heterocycles. The molecule has 1 aliphatic rings. The molecular formula is C19H31N3O4S. The minimum absolute atomic E-state index is 0.0508. The molecule has 0 aromatic heterocycles. The Morgan fingerprint density at radius 1 is 1.19 bits per heavy atom. The SMILES string of the molecule is CCN(CC)C(=O)CC(C)NCc1ccc(S(=O)(=O)N2CCOCC2)cc1. The Labute approximate surface area is 162 Å². The monoisotopic (exact) mass is 397 g/mol. The van der Waals surface area contributed by atoms with Crippen LogP contribution in [0.1, 0.15) is 32.8 Å². The number of amides is 1. The van der Waals surface area contributed by atoms with E-state index in [1.54, 1.807) is 12.1 Å². The Morgan fingerprint density at radius 2 is 1.78 bits per heavy atom. The summed E-state index contributed by atoms with van der Waals surface area (Å²) >= 11 is 0. The summed E-state index contributed by atoms with van der Waals surface area (Å²) in [5, 5.41) is 3.33. The molecule has 7 nitrogen and oxygen atoms in total. The van der Waals surface area contributed by atoms with Crippen molar-refractivity contribution in [2.45, 2.75) is 44.7 Å². The van der Waals surface area contributed by atoms with Crippen LogP contribution in [0.5, 0.6) is 0 Å². The summed E-state index contributed by atoms with van der Waals surface area (Å²) in [6.45, 7) is 9.63. The highest BCUT2D eigenvalue weighted by Crippen LogP contribution is 2.17. The van der Waals surface area contributed by atoms with E-state index in [1.807, 2.05) is 37.8 Å². The Hall–Kier alpha value is -1.48. The summed E-state index contributed by atoms with van der Waals surface area (Å²) in [6, 6.07) is 6.98. The summed E-state index contributed by atoms with van der Waals surface area (Å²) in [4.78, 5) is 14.3. The normalized spacial score (nSPS) is 16.9. The lowest BCUT2D eigenvalue weighted by Gasteiger charge is -2.26. The van der Waals surface area contributed by atoms with Crippen LogP contribution in [0.4, 0.5) is 0 Å². The van der Waals surface area contributed by atoms with Gasteiger partial charge in [-0.2, -0.15) is 4.31 Å². The molecule has 8 heteroatoms. The van der Waals surface area contributed by atoms with E-state index in [-0.39, 0.29) is 11.9 Å². The van der Waals surface area contributed by atoms with E-state index >= 15 is 0 Å². The fourth-order valence-corrected chi connectivity index (χ4v) is 4.45. The second-order valence-electron chi connectivity index (χ2n) is 6.71. The zero-order chi connectivity index (χ0) is 19.9. The number of benzene rings is 1. The number of hydrogen-bond donors (Lipinski definition) is 1. The quantitative estimate of drug-likeness (QED) is 0.682. The van der Waals surface area contributed by atoms with Crippen molar-refractivity contribution in [3.05, 3.63) is 29.8 Å². The minimum Gasteiger partial charge on any atom is -0.379 e. The number of nitrogens with one attached hydrogen (secondary N) is 1. The van der Waals surface area contributed by atoms with Gasteiger partial charge in [-0.05, 0) is 38.5 Å². The third kappa shape index (κ3) is 6.00. The average Bonchev–Trinajstić information content (AvgIpc) is 2.68. The molecule has 152 valence electrons. The van der Waals surface area contributed by atoms with Crippen LogP contribution >= 0.6 is 0 Å². The number of ether oxygens (including phenoxy) is 1. The van der Waals surface area contributed by atoms with Crippen molar-refractivity contribution in [1.29, 1.82) is 0 Å². The number of rotatable bonds is 9. The Balaban J connectivity index is 1.89. The highest BCUT2D eigenvalue weighted by molar-refractivity contribution is 7.89. The van der Waals surface area contributed by atoms with Gasteiger partial charge in [-0.15, -0.1) is 0 Å². The van der Waals surface area contributed by atoms with Crippen molar-refractivity contribution in [2.75, 3.05) is 39.4 Å². The molecule has 1 aromatic carbocycles. The van der Waals surface area contributed by atoms with E-state index in [1.165, 1.54) is 4.31 Å². The lowest BCUT2D eigenvalue weighted by Crippen LogP contribution is -2.40. The number of carbonyl (C=O) groups is 1. The molecule has 1 aromatic rings. The third-order valence-corrected chi connectivity index (χ3v) is 6.70. The van der Waals surface area contributed by atoms with Gasteiger partial charge in [-0.25, -0.2) is 8.42 Å². The summed E-state index contributed by atoms with van der Waals surface area (Å²) in [7, 11) is -3.46. The zero-order valence-electron chi connectivity index (χ0n) is 16.5. The molecule has 0 aliphatic carbocycles. The molecule has 0 saturated carbocycles. The summed E-state index contributed by atoms with van der Waals surface area (Å²) in [6.07, 6.45) is 0.450. The molecule has 1 heterocycles. The van der Waals surface area contributed by atoms with E-state index in [9.17, 15) is 13.2 Å². The van der Waals surface area contributed by atoms with Crippen LogP contribution in [0.3, 0.4) is 0 Å². The van der Waals surface area contributed by atoms with Gasteiger partial charge >= 0.3 is 0 Å². The molecule has 0 radical (unpaired) electrons. The lowest BCUT2D eigenvalue weighted by atomic mass is 10.1. The Bertz CT molecular complexity index is 696. The van der Waals surface area contributed by atoms with Crippen LogP contribution in [0, 0.1) is 0 Å². The van der Waals surface area contributed by atoms with Crippen LogP contribution in [0.25, 0.3) is 0 Å². The van der Waals surface area contributed by atoms with Gasteiger partial charge in [0.05, 0.1) is 18.1 Å². The average molecular weight is 398 g/mol. The first-order chi connectivity index (χ1) is 12.9. The number of sulfonamides is 1. The van der Waals surface area contributed by atoms with Crippen molar-refractivity contribution in [3.8, 4) is 0 Å². The molecule has 2 rings (SSSR count). The predicted octanol–water partition coefficient (Wildman–Crippen LogP) is 1.44. The van der Waals surface area contributed by atoms with Crippen LogP contribution in [-0.2, 0) is 26.1 Å². The first-order valence-corrected chi connectivity index (χ1v) is 11.0. The second-order valence-corrected chi connectivity index (χ2v) is 8.65. The number of morpholine rings is 1. The number of carbonyl (C=O) groups excluding carboxylic acids is 1. The minimum atomic E-state index is -3.46. The van der Waals surface area contributed by atoms with Gasteiger partial charge in [-0.1, -0.05) is 12.1 Å². The highest BCUT2D eigenvalue weighted by Gasteiger charge is 2.26. The maximum Gasteiger partial charge on any atom is 0.243 e. The predicted molar refractivity (Wildman–Crippen MR) is 105 cm³/mol. The molecule has 1 N–H and O–H groups in total. The van der Waals surface area contributed by atoms with Crippen LogP contribution < -0.4 is 5.32 Å². The topological polar surface area (TPSA) is 79.0 Å². The van der Waals surface area contributed by atoms with E-state index in [0.29, 0.717) is 44.2 Å². The van der Waals surface area contributed by atoms with Crippen LogP contribution in [-0.4, -0.2) is 69.0 Å². The smallest absolute Gasteiger partial charge is 0.243 e. The zero-order valence-corrected chi connectivity index (χ0v) is 17.3. The van der Waals surface area contributed by atoms with Gasteiger partial charge in [0.2, 0.25) is 15.9 Å². The van der Waals surface area contributed by atoms with Crippen molar-refractivity contribution in [3.63, 3.8) is 0 Å². The van der Waals surface area contributed by atoms with Gasteiger partial charge in [0, 0.05) is 45.2 Å². The van der Waals surface area contributed by atoms with Gasteiger partial charge in [0.15, 0.2) is 0 Å². The first-order valence-electron chi connectivity index (χ1n) is 9.56.